The molecule has 0 saturated heterocycles. The number of carbonyl (C=O) groups is 1. The molecule has 0 spiro atoms. The van der Waals surface area contributed by atoms with Gasteiger partial charge in [0.25, 0.3) is 0 Å². The van der Waals surface area contributed by atoms with Crippen molar-refractivity contribution >= 4 is 5.91 Å². The van der Waals surface area contributed by atoms with E-state index in [2.05, 4.69) is 31.4 Å². The Balaban J connectivity index is 2.07. The van der Waals surface area contributed by atoms with Crippen molar-refractivity contribution in [1.29, 1.82) is 0 Å². The predicted molar refractivity (Wildman–Crippen MR) is 71.9 cm³/mol. The van der Waals surface area contributed by atoms with Gasteiger partial charge >= 0.3 is 0 Å². The third-order valence-electron chi connectivity index (χ3n) is 3.83. The van der Waals surface area contributed by atoms with Crippen molar-refractivity contribution in [2.45, 2.75) is 58.9 Å². The van der Waals surface area contributed by atoms with Crippen LogP contribution in [0.4, 0.5) is 0 Å². The number of rotatable bonds is 6. The van der Waals surface area contributed by atoms with E-state index in [-0.39, 0.29) is 11.9 Å². The van der Waals surface area contributed by atoms with E-state index in [9.17, 15) is 4.79 Å². The van der Waals surface area contributed by atoms with Gasteiger partial charge in [0.2, 0.25) is 5.91 Å². The molecule has 1 fully saturated rings. The van der Waals surface area contributed by atoms with Gasteiger partial charge in [-0.3, -0.25) is 4.79 Å². The second kappa shape index (κ2) is 7.70. The molecule has 1 aliphatic carbocycles. The Morgan fingerprint density at radius 1 is 1.18 bits per heavy atom. The van der Waals surface area contributed by atoms with Gasteiger partial charge in [0.15, 0.2) is 0 Å². The minimum atomic E-state index is 0.127. The second-order valence-corrected chi connectivity index (χ2v) is 5.74. The smallest absolute Gasteiger partial charge is 0.234 e. The van der Waals surface area contributed by atoms with E-state index < -0.39 is 0 Å². The topological polar surface area (TPSA) is 41.1 Å². The normalized spacial score (nSPS) is 19.3. The van der Waals surface area contributed by atoms with Crippen molar-refractivity contribution in [2.24, 2.45) is 11.8 Å². The molecule has 1 aliphatic rings. The van der Waals surface area contributed by atoms with Crippen LogP contribution in [0.15, 0.2) is 0 Å². The predicted octanol–water partition coefficient (Wildman–Crippen LogP) is 2.32. The number of amides is 1. The van der Waals surface area contributed by atoms with E-state index >= 15 is 0 Å². The standard InChI is InChI=1S/C14H28N2O/c1-11(2)12(3)16-14(17)10-15-9-13-7-5-4-6-8-13/h11-13,15H,4-10H2,1-3H3,(H,16,17). The van der Waals surface area contributed by atoms with Crippen LogP contribution < -0.4 is 10.6 Å². The molecule has 1 unspecified atom stereocenters. The summed E-state index contributed by atoms with van der Waals surface area (Å²) in [5.74, 6) is 1.42. The molecule has 1 rings (SSSR count). The minimum absolute atomic E-state index is 0.127. The van der Waals surface area contributed by atoms with Crippen LogP contribution >= 0.6 is 0 Å². The molecule has 1 atom stereocenters. The minimum Gasteiger partial charge on any atom is -0.352 e. The number of nitrogens with one attached hydrogen (secondary N) is 2. The zero-order valence-electron chi connectivity index (χ0n) is 11.6. The fraction of sp³-hybridized carbons (Fsp3) is 0.929. The van der Waals surface area contributed by atoms with Gasteiger partial charge in [0.1, 0.15) is 0 Å². The fourth-order valence-corrected chi connectivity index (χ4v) is 2.25. The lowest BCUT2D eigenvalue weighted by Crippen LogP contribution is -2.42. The summed E-state index contributed by atoms with van der Waals surface area (Å²) < 4.78 is 0. The van der Waals surface area contributed by atoms with Gasteiger partial charge in [-0.2, -0.15) is 0 Å². The molecule has 2 N–H and O–H groups in total. The lowest BCUT2D eigenvalue weighted by Gasteiger charge is -2.22. The third-order valence-corrected chi connectivity index (χ3v) is 3.83. The van der Waals surface area contributed by atoms with Gasteiger partial charge in [0, 0.05) is 6.04 Å². The highest BCUT2D eigenvalue weighted by Crippen LogP contribution is 2.22. The third kappa shape index (κ3) is 6.06. The summed E-state index contributed by atoms with van der Waals surface area (Å²) in [4.78, 5) is 11.6. The second-order valence-electron chi connectivity index (χ2n) is 5.74. The molecule has 0 radical (unpaired) electrons. The monoisotopic (exact) mass is 240 g/mol. The SMILES string of the molecule is CC(C)C(C)NC(=O)CNCC1CCCCC1. The quantitative estimate of drug-likeness (QED) is 0.748. The highest BCUT2D eigenvalue weighted by Gasteiger charge is 2.14. The zero-order chi connectivity index (χ0) is 12.7. The molecular formula is C14H28N2O. The van der Waals surface area contributed by atoms with E-state index in [1.807, 2.05) is 0 Å². The van der Waals surface area contributed by atoms with Crippen LogP contribution in [0.25, 0.3) is 0 Å². The van der Waals surface area contributed by atoms with Gasteiger partial charge in [-0.1, -0.05) is 33.1 Å². The van der Waals surface area contributed by atoms with Crippen molar-refractivity contribution < 1.29 is 4.79 Å². The summed E-state index contributed by atoms with van der Waals surface area (Å²) >= 11 is 0. The Morgan fingerprint density at radius 3 is 2.41 bits per heavy atom. The largest absolute Gasteiger partial charge is 0.352 e. The van der Waals surface area contributed by atoms with Crippen molar-refractivity contribution in [3.8, 4) is 0 Å². The number of hydrogen-bond donors (Lipinski definition) is 2. The van der Waals surface area contributed by atoms with Crippen molar-refractivity contribution in [1.82, 2.24) is 10.6 Å². The zero-order valence-corrected chi connectivity index (χ0v) is 11.6. The van der Waals surface area contributed by atoms with E-state index in [1.54, 1.807) is 0 Å². The first-order valence-electron chi connectivity index (χ1n) is 7.09. The maximum absolute atomic E-state index is 11.6. The van der Waals surface area contributed by atoms with Crippen LogP contribution in [-0.2, 0) is 4.79 Å². The van der Waals surface area contributed by atoms with Crippen molar-refractivity contribution in [3.05, 3.63) is 0 Å². The maximum Gasteiger partial charge on any atom is 0.234 e. The number of hydrogen-bond acceptors (Lipinski definition) is 2. The Labute approximate surface area is 106 Å². The Morgan fingerprint density at radius 2 is 1.82 bits per heavy atom. The average Bonchev–Trinajstić information content (AvgIpc) is 2.30. The maximum atomic E-state index is 11.6. The molecule has 100 valence electrons. The van der Waals surface area contributed by atoms with Gasteiger partial charge in [-0.15, -0.1) is 0 Å². The van der Waals surface area contributed by atoms with Crippen LogP contribution in [0.1, 0.15) is 52.9 Å². The van der Waals surface area contributed by atoms with Gasteiger partial charge in [-0.25, -0.2) is 0 Å². The molecular weight excluding hydrogens is 212 g/mol. The summed E-state index contributed by atoms with van der Waals surface area (Å²) in [6, 6.07) is 0.263. The summed E-state index contributed by atoms with van der Waals surface area (Å²) in [6.45, 7) is 7.78. The van der Waals surface area contributed by atoms with Gasteiger partial charge in [0.05, 0.1) is 6.54 Å². The molecule has 0 aliphatic heterocycles. The molecule has 0 aromatic carbocycles. The Hall–Kier alpha value is -0.570. The van der Waals surface area contributed by atoms with Crippen molar-refractivity contribution in [3.63, 3.8) is 0 Å². The molecule has 17 heavy (non-hydrogen) atoms. The summed E-state index contributed by atoms with van der Waals surface area (Å²) in [5.41, 5.74) is 0. The summed E-state index contributed by atoms with van der Waals surface area (Å²) in [7, 11) is 0. The molecule has 1 saturated carbocycles. The van der Waals surface area contributed by atoms with Crippen LogP contribution in [-0.4, -0.2) is 25.0 Å². The van der Waals surface area contributed by atoms with Crippen LogP contribution in [0.3, 0.4) is 0 Å². The molecule has 0 aromatic rings. The highest BCUT2D eigenvalue weighted by atomic mass is 16.1. The lowest BCUT2D eigenvalue weighted by atomic mass is 9.89. The summed E-state index contributed by atoms with van der Waals surface area (Å²) in [5, 5.41) is 6.30. The van der Waals surface area contributed by atoms with Gasteiger partial charge < -0.3 is 10.6 Å². The van der Waals surface area contributed by atoms with Crippen LogP contribution in [0.2, 0.25) is 0 Å². The first-order valence-corrected chi connectivity index (χ1v) is 7.09. The van der Waals surface area contributed by atoms with Gasteiger partial charge in [-0.05, 0) is 38.1 Å². The lowest BCUT2D eigenvalue weighted by molar-refractivity contribution is -0.121. The van der Waals surface area contributed by atoms with E-state index in [1.165, 1.54) is 32.1 Å². The molecule has 1 amide bonds. The van der Waals surface area contributed by atoms with Crippen LogP contribution in [0, 0.1) is 11.8 Å². The first-order chi connectivity index (χ1) is 8.09. The van der Waals surface area contributed by atoms with Crippen molar-refractivity contribution in [2.75, 3.05) is 13.1 Å². The number of carbonyl (C=O) groups excluding carboxylic acids is 1. The molecule has 3 heteroatoms. The highest BCUT2D eigenvalue weighted by molar-refractivity contribution is 5.78. The Kier molecular flexibility index (Phi) is 6.56. The van der Waals surface area contributed by atoms with E-state index in [4.69, 9.17) is 0 Å². The van der Waals surface area contributed by atoms with E-state index in [0.717, 1.165) is 12.5 Å². The Bertz CT molecular complexity index is 222. The molecule has 0 heterocycles. The average molecular weight is 240 g/mol. The molecule has 0 bridgehead atoms. The van der Waals surface area contributed by atoms with Crippen LogP contribution in [0.5, 0.6) is 0 Å². The molecule has 3 nitrogen and oxygen atoms in total. The van der Waals surface area contributed by atoms with E-state index in [0.29, 0.717) is 12.5 Å². The summed E-state index contributed by atoms with van der Waals surface area (Å²) in [6.07, 6.45) is 6.78. The molecule has 0 aromatic heterocycles. The first kappa shape index (κ1) is 14.5. The fourth-order valence-electron chi connectivity index (χ4n) is 2.25.